The van der Waals surface area contributed by atoms with E-state index in [1.807, 2.05) is 55.5 Å². The first-order valence-electron chi connectivity index (χ1n) is 13.1. The molecule has 0 atom stereocenters. The van der Waals surface area contributed by atoms with Gasteiger partial charge in [0.05, 0.1) is 18.5 Å². The summed E-state index contributed by atoms with van der Waals surface area (Å²) in [7, 11) is 0. The molecule has 2 aromatic heterocycles. The fraction of sp³-hybridized carbons (Fsp3) is 0.207. The van der Waals surface area contributed by atoms with E-state index in [2.05, 4.69) is 10.6 Å². The third-order valence-electron chi connectivity index (χ3n) is 5.51. The van der Waals surface area contributed by atoms with Crippen LogP contribution < -0.4 is 10.6 Å². The number of carbonyl (C=O) groups is 5. The van der Waals surface area contributed by atoms with Crippen LogP contribution in [0.2, 0.25) is 10.0 Å². The lowest BCUT2D eigenvalue weighted by Crippen LogP contribution is -2.16. The first kappa shape index (κ1) is 37.4. The first-order valence-corrected chi connectivity index (χ1v) is 14.6. The number of ether oxygens (including phenoxy) is 1. The summed E-state index contributed by atoms with van der Waals surface area (Å²) in [4.78, 5) is 59.7. The largest absolute Gasteiger partial charge is 0.473 e. The highest BCUT2D eigenvalue weighted by Gasteiger charge is 2.21. The van der Waals surface area contributed by atoms with Crippen LogP contribution in [-0.2, 0) is 43.5 Å². The highest BCUT2D eigenvalue weighted by Crippen LogP contribution is 2.34. The summed E-state index contributed by atoms with van der Waals surface area (Å²) in [5.41, 5.74) is 2.91. The van der Waals surface area contributed by atoms with Crippen LogP contribution in [0.25, 0.3) is 10.2 Å². The molecule has 4 aromatic rings. The Morgan fingerprint density at radius 2 is 1.33 bits per heavy atom. The Balaban J connectivity index is 0.000000522. The third-order valence-corrected chi connectivity index (χ3v) is 7.15. The van der Waals surface area contributed by atoms with E-state index in [1.165, 1.54) is 11.3 Å². The standard InChI is InChI=1S/C25H24Cl2N4O2S.2C2H2O4/c1-3-33-25(32)22-15(2)21-23(29-13-17-7-5-9-19(27)11-17)30-20(31-24(21)34-22)14-28-12-16-6-4-8-18(26)10-16;2*3-1(4)2(5)6/h4-11,28H,3,12-14H2,1-2H3,(H,29,30,31);2*(H,3,4)(H,5,6). The second kappa shape index (κ2) is 18.2. The monoisotopic (exact) mass is 694 g/mol. The number of fused-ring (bicyclic) bond motifs is 1. The number of hydrogen-bond donors (Lipinski definition) is 6. The van der Waals surface area contributed by atoms with Crippen LogP contribution in [0.3, 0.4) is 0 Å². The maximum atomic E-state index is 12.5. The van der Waals surface area contributed by atoms with Gasteiger partial charge in [0.1, 0.15) is 21.3 Å². The number of hydrogen-bond acceptors (Lipinski definition) is 11. The molecular formula is C29H28Cl2N4O10S. The van der Waals surface area contributed by atoms with E-state index < -0.39 is 23.9 Å². The lowest BCUT2D eigenvalue weighted by molar-refractivity contribution is -0.159. The summed E-state index contributed by atoms with van der Waals surface area (Å²) in [6, 6.07) is 15.4. The summed E-state index contributed by atoms with van der Waals surface area (Å²) in [5.74, 6) is -6.34. The molecule has 4 rings (SSSR count). The van der Waals surface area contributed by atoms with Crippen LogP contribution in [0.4, 0.5) is 5.82 Å². The second-order valence-corrected chi connectivity index (χ2v) is 10.8. The molecule has 14 nitrogen and oxygen atoms in total. The van der Waals surface area contributed by atoms with Crippen LogP contribution in [-0.4, -0.2) is 66.8 Å². The number of halogens is 2. The van der Waals surface area contributed by atoms with Gasteiger partial charge in [-0.05, 0) is 54.8 Å². The summed E-state index contributed by atoms with van der Waals surface area (Å²) in [6.07, 6.45) is 0. The number of aryl methyl sites for hydroxylation is 1. The molecule has 0 bridgehead atoms. The zero-order chi connectivity index (χ0) is 34.4. The van der Waals surface area contributed by atoms with Crippen molar-refractivity contribution in [1.82, 2.24) is 15.3 Å². The van der Waals surface area contributed by atoms with E-state index in [4.69, 9.17) is 77.5 Å². The Morgan fingerprint density at radius 3 is 1.80 bits per heavy atom. The quantitative estimate of drug-likeness (QED) is 0.103. The number of carbonyl (C=O) groups excluding carboxylic acids is 1. The Hall–Kier alpha value is -4.83. The fourth-order valence-corrected chi connectivity index (χ4v) is 5.10. The number of aliphatic carboxylic acids is 4. The molecule has 0 saturated heterocycles. The van der Waals surface area contributed by atoms with E-state index in [0.717, 1.165) is 26.9 Å². The van der Waals surface area contributed by atoms with E-state index >= 15 is 0 Å². The molecule has 2 aromatic carbocycles. The molecule has 0 spiro atoms. The molecule has 2 heterocycles. The molecule has 46 heavy (non-hydrogen) atoms. The first-order chi connectivity index (χ1) is 21.7. The lowest BCUT2D eigenvalue weighted by atomic mass is 10.2. The van der Waals surface area contributed by atoms with Crippen molar-refractivity contribution in [2.75, 3.05) is 11.9 Å². The molecule has 0 saturated carbocycles. The van der Waals surface area contributed by atoms with Crippen LogP contribution >= 0.6 is 34.5 Å². The van der Waals surface area contributed by atoms with E-state index in [0.29, 0.717) is 52.8 Å². The van der Waals surface area contributed by atoms with Gasteiger partial charge in [-0.3, -0.25) is 0 Å². The van der Waals surface area contributed by atoms with Crippen molar-refractivity contribution in [3.05, 3.63) is 86.0 Å². The van der Waals surface area contributed by atoms with Crippen LogP contribution in [0.1, 0.15) is 39.1 Å². The highest BCUT2D eigenvalue weighted by molar-refractivity contribution is 7.20. The van der Waals surface area contributed by atoms with Gasteiger partial charge < -0.3 is 35.8 Å². The summed E-state index contributed by atoms with van der Waals surface area (Å²) in [5, 5.41) is 38.5. The Morgan fingerprint density at radius 1 is 0.804 bits per heavy atom. The normalized spacial score (nSPS) is 10.1. The Kier molecular flexibility index (Phi) is 14.8. The van der Waals surface area contributed by atoms with Crippen molar-refractivity contribution in [1.29, 1.82) is 0 Å². The number of benzene rings is 2. The summed E-state index contributed by atoms with van der Waals surface area (Å²) >= 11 is 13.5. The molecule has 6 N–H and O–H groups in total. The predicted molar refractivity (Wildman–Crippen MR) is 169 cm³/mol. The van der Waals surface area contributed by atoms with Crippen molar-refractivity contribution >= 4 is 80.4 Å². The summed E-state index contributed by atoms with van der Waals surface area (Å²) in [6.45, 7) is 5.63. The minimum absolute atomic E-state index is 0.316. The molecule has 0 aliphatic rings. The van der Waals surface area contributed by atoms with Gasteiger partial charge in [0, 0.05) is 23.1 Å². The minimum atomic E-state index is -1.82. The van der Waals surface area contributed by atoms with Crippen molar-refractivity contribution in [2.24, 2.45) is 0 Å². The Bertz CT molecular complexity index is 1680. The molecule has 0 fully saturated rings. The second-order valence-electron chi connectivity index (χ2n) is 8.88. The van der Waals surface area contributed by atoms with Gasteiger partial charge in [0.15, 0.2) is 0 Å². The van der Waals surface area contributed by atoms with Crippen LogP contribution in [0.15, 0.2) is 48.5 Å². The average molecular weight is 696 g/mol. The maximum Gasteiger partial charge on any atom is 0.414 e. The Labute approximate surface area is 275 Å². The highest BCUT2D eigenvalue weighted by atomic mass is 35.5. The average Bonchev–Trinajstić information content (AvgIpc) is 3.33. The fourth-order valence-electron chi connectivity index (χ4n) is 3.58. The number of nitrogens with zero attached hydrogens (tertiary/aromatic N) is 2. The number of rotatable bonds is 9. The number of esters is 1. The van der Waals surface area contributed by atoms with Gasteiger partial charge in [-0.15, -0.1) is 11.3 Å². The smallest absolute Gasteiger partial charge is 0.414 e. The zero-order valence-corrected chi connectivity index (χ0v) is 26.6. The van der Waals surface area contributed by atoms with Crippen molar-refractivity contribution in [3.8, 4) is 0 Å². The van der Waals surface area contributed by atoms with Crippen molar-refractivity contribution in [3.63, 3.8) is 0 Å². The third kappa shape index (κ3) is 11.9. The van der Waals surface area contributed by atoms with Gasteiger partial charge >= 0.3 is 29.8 Å². The number of anilines is 1. The number of carboxylic acids is 4. The molecule has 0 aliphatic carbocycles. The van der Waals surface area contributed by atoms with Crippen molar-refractivity contribution < 1.29 is 49.1 Å². The topological polar surface area (TPSA) is 225 Å². The predicted octanol–water partition coefficient (Wildman–Crippen LogP) is 4.70. The zero-order valence-electron chi connectivity index (χ0n) is 24.2. The SMILES string of the molecule is CCOC(=O)c1sc2nc(CNCc3cccc(Cl)c3)nc(NCc3cccc(Cl)c3)c2c1C.O=C(O)C(=O)O.O=C(O)C(=O)O. The van der Waals surface area contributed by atoms with Gasteiger partial charge in [0.25, 0.3) is 0 Å². The van der Waals surface area contributed by atoms with Gasteiger partial charge in [-0.2, -0.15) is 0 Å². The number of nitrogens with one attached hydrogen (secondary N) is 2. The van der Waals surface area contributed by atoms with E-state index in [-0.39, 0.29) is 5.97 Å². The number of aromatic nitrogens is 2. The van der Waals surface area contributed by atoms with Crippen LogP contribution in [0.5, 0.6) is 0 Å². The maximum absolute atomic E-state index is 12.5. The molecule has 0 radical (unpaired) electrons. The molecule has 244 valence electrons. The molecular weight excluding hydrogens is 667 g/mol. The summed E-state index contributed by atoms with van der Waals surface area (Å²) < 4.78 is 5.24. The molecule has 17 heteroatoms. The van der Waals surface area contributed by atoms with Gasteiger partial charge in [-0.1, -0.05) is 47.5 Å². The lowest BCUT2D eigenvalue weighted by Gasteiger charge is -2.11. The molecule has 0 amide bonds. The van der Waals surface area contributed by atoms with Gasteiger partial charge in [0.2, 0.25) is 0 Å². The van der Waals surface area contributed by atoms with Crippen molar-refractivity contribution in [2.45, 2.75) is 33.5 Å². The number of carboxylic acid groups (broad SMARTS) is 4. The number of thiophene rings is 1. The van der Waals surface area contributed by atoms with Gasteiger partial charge in [-0.25, -0.2) is 33.9 Å². The van der Waals surface area contributed by atoms with E-state index in [9.17, 15) is 4.79 Å². The molecule has 0 aliphatic heterocycles. The van der Waals surface area contributed by atoms with E-state index in [1.54, 1.807) is 6.92 Å². The minimum Gasteiger partial charge on any atom is -0.473 e. The molecule has 0 unspecified atom stereocenters. The van der Waals surface area contributed by atoms with Crippen LogP contribution in [0, 0.1) is 6.92 Å².